The molecule has 1 aromatic rings. The van der Waals surface area contributed by atoms with Crippen molar-refractivity contribution in [1.29, 1.82) is 0 Å². The third kappa shape index (κ3) is 3.70. The molecule has 1 saturated carbocycles. The average Bonchev–Trinajstić information content (AvgIpc) is 3.28. The van der Waals surface area contributed by atoms with Gasteiger partial charge >= 0.3 is 0 Å². The van der Waals surface area contributed by atoms with E-state index in [9.17, 15) is 5.11 Å². The molecule has 0 aromatic carbocycles. The van der Waals surface area contributed by atoms with Crippen LogP contribution in [0, 0.1) is 5.41 Å². The van der Waals surface area contributed by atoms with Crippen molar-refractivity contribution in [3.63, 3.8) is 0 Å². The van der Waals surface area contributed by atoms with Crippen LogP contribution in [0.15, 0.2) is 12.5 Å². The number of imidazole rings is 1. The lowest BCUT2D eigenvalue weighted by atomic mass is 9.77. The third-order valence-electron chi connectivity index (χ3n) is 5.20. The Labute approximate surface area is 133 Å². The van der Waals surface area contributed by atoms with Gasteiger partial charge in [-0.25, -0.2) is 4.98 Å². The second-order valence-corrected chi connectivity index (χ2v) is 7.09. The maximum atomic E-state index is 9.95. The van der Waals surface area contributed by atoms with Gasteiger partial charge in [0.2, 0.25) is 0 Å². The maximum absolute atomic E-state index is 9.95. The summed E-state index contributed by atoms with van der Waals surface area (Å²) in [6, 6.07) is 0.687. The van der Waals surface area contributed by atoms with Crippen molar-refractivity contribution in [2.24, 2.45) is 5.41 Å². The van der Waals surface area contributed by atoms with Gasteiger partial charge in [-0.1, -0.05) is 0 Å². The molecule has 0 radical (unpaired) electrons. The lowest BCUT2D eigenvalue weighted by Crippen LogP contribution is -2.45. The van der Waals surface area contributed by atoms with Crippen LogP contribution in [0.4, 0.5) is 0 Å². The van der Waals surface area contributed by atoms with Crippen molar-refractivity contribution in [2.75, 3.05) is 33.4 Å². The van der Waals surface area contributed by atoms with Crippen LogP contribution in [0.2, 0.25) is 0 Å². The number of likely N-dealkylation sites (tertiary alicyclic amines) is 1. The fourth-order valence-corrected chi connectivity index (χ4v) is 3.81. The number of hydrogen-bond acceptors (Lipinski definition) is 4. The molecule has 5 heteroatoms. The second-order valence-electron chi connectivity index (χ2n) is 7.09. The fraction of sp³-hybridized carbons (Fsp3) is 0.824. The largest absolute Gasteiger partial charge is 0.396 e. The zero-order chi connectivity index (χ0) is 15.4. The van der Waals surface area contributed by atoms with Crippen LogP contribution < -0.4 is 0 Å². The van der Waals surface area contributed by atoms with Gasteiger partial charge in [-0.2, -0.15) is 0 Å². The summed E-state index contributed by atoms with van der Waals surface area (Å²) in [7, 11) is 1.75. The van der Waals surface area contributed by atoms with Gasteiger partial charge in [0.05, 0.1) is 12.0 Å². The fourth-order valence-electron chi connectivity index (χ4n) is 3.81. The zero-order valence-corrected chi connectivity index (χ0v) is 13.7. The SMILES string of the molecule is COCCCC1(CO)CCCN(Cc2cncn2C2CC2)C1. The first kappa shape index (κ1) is 16.0. The minimum Gasteiger partial charge on any atom is -0.396 e. The number of nitrogens with zero attached hydrogens (tertiary/aromatic N) is 3. The molecule has 1 aliphatic carbocycles. The molecule has 1 N–H and O–H groups in total. The minimum absolute atomic E-state index is 0.0568. The summed E-state index contributed by atoms with van der Waals surface area (Å²) >= 11 is 0. The Morgan fingerprint density at radius 3 is 3.05 bits per heavy atom. The number of methoxy groups -OCH3 is 1. The number of aliphatic hydroxyl groups is 1. The van der Waals surface area contributed by atoms with Crippen LogP contribution in [0.25, 0.3) is 0 Å². The van der Waals surface area contributed by atoms with E-state index >= 15 is 0 Å². The van der Waals surface area contributed by atoms with Crippen molar-refractivity contribution in [3.05, 3.63) is 18.2 Å². The van der Waals surface area contributed by atoms with Gasteiger partial charge < -0.3 is 14.4 Å². The molecule has 1 saturated heterocycles. The summed E-state index contributed by atoms with van der Waals surface area (Å²) in [5.74, 6) is 0. The number of piperidine rings is 1. The average molecular weight is 307 g/mol. The lowest BCUT2D eigenvalue weighted by molar-refractivity contribution is 0.0150. The Balaban J connectivity index is 1.60. The molecule has 2 aliphatic rings. The van der Waals surface area contributed by atoms with Crippen LogP contribution in [0.1, 0.15) is 50.3 Å². The molecule has 3 rings (SSSR count). The molecule has 1 unspecified atom stereocenters. The third-order valence-corrected chi connectivity index (χ3v) is 5.20. The Kier molecular flexibility index (Phi) is 5.16. The van der Waals surface area contributed by atoms with Gasteiger partial charge in [0.15, 0.2) is 0 Å². The number of hydrogen-bond donors (Lipinski definition) is 1. The van der Waals surface area contributed by atoms with Crippen molar-refractivity contribution >= 4 is 0 Å². The molecule has 2 fully saturated rings. The van der Waals surface area contributed by atoms with Crippen molar-refractivity contribution < 1.29 is 9.84 Å². The molecular weight excluding hydrogens is 278 g/mol. The van der Waals surface area contributed by atoms with Gasteiger partial charge in [0.25, 0.3) is 0 Å². The summed E-state index contributed by atoms with van der Waals surface area (Å²) < 4.78 is 7.52. The van der Waals surface area contributed by atoms with E-state index in [2.05, 4.69) is 14.5 Å². The van der Waals surface area contributed by atoms with Gasteiger partial charge in [-0.3, -0.25) is 4.90 Å². The highest BCUT2D eigenvalue weighted by molar-refractivity contribution is 5.04. The number of ether oxygens (including phenoxy) is 1. The molecular formula is C17H29N3O2. The van der Waals surface area contributed by atoms with Crippen LogP contribution in [0.3, 0.4) is 0 Å². The zero-order valence-electron chi connectivity index (χ0n) is 13.7. The number of aromatic nitrogens is 2. The molecule has 1 atom stereocenters. The van der Waals surface area contributed by atoms with E-state index in [1.807, 2.05) is 12.5 Å². The quantitative estimate of drug-likeness (QED) is 0.748. The summed E-state index contributed by atoms with van der Waals surface area (Å²) in [6.45, 7) is 4.15. The van der Waals surface area contributed by atoms with E-state index < -0.39 is 0 Å². The standard InChI is InChI=1S/C17H29N3O2/c1-22-9-3-7-17(13-21)6-2-8-19(12-17)11-16-10-18-14-20(16)15-4-5-15/h10,14-15,21H,2-9,11-13H2,1H3. The molecule has 2 heterocycles. The Hall–Kier alpha value is -0.910. The first-order valence-corrected chi connectivity index (χ1v) is 8.59. The molecule has 1 aliphatic heterocycles. The summed E-state index contributed by atoms with van der Waals surface area (Å²) in [5, 5.41) is 9.95. The van der Waals surface area contributed by atoms with Gasteiger partial charge in [0, 0.05) is 51.1 Å². The van der Waals surface area contributed by atoms with Gasteiger partial charge in [-0.05, 0) is 45.1 Å². The van der Waals surface area contributed by atoms with E-state index in [4.69, 9.17) is 4.74 Å². The van der Waals surface area contributed by atoms with Crippen LogP contribution >= 0.6 is 0 Å². The van der Waals surface area contributed by atoms with Crippen LogP contribution in [-0.2, 0) is 11.3 Å². The smallest absolute Gasteiger partial charge is 0.0951 e. The topological polar surface area (TPSA) is 50.5 Å². The molecule has 0 bridgehead atoms. The summed E-state index contributed by atoms with van der Waals surface area (Å²) in [6.07, 6.45) is 11.0. The maximum Gasteiger partial charge on any atom is 0.0951 e. The summed E-state index contributed by atoms with van der Waals surface area (Å²) in [5.41, 5.74) is 1.38. The second kappa shape index (κ2) is 7.11. The normalized spacial score (nSPS) is 26.5. The Morgan fingerprint density at radius 1 is 1.45 bits per heavy atom. The molecule has 0 spiro atoms. The van der Waals surface area contributed by atoms with E-state index in [1.165, 1.54) is 25.0 Å². The van der Waals surface area contributed by atoms with Crippen LogP contribution in [0.5, 0.6) is 0 Å². The molecule has 1 aromatic heterocycles. The first-order chi connectivity index (χ1) is 10.8. The van der Waals surface area contributed by atoms with Gasteiger partial charge in [0.1, 0.15) is 0 Å². The van der Waals surface area contributed by atoms with Crippen molar-refractivity contribution in [3.8, 4) is 0 Å². The first-order valence-electron chi connectivity index (χ1n) is 8.59. The highest BCUT2D eigenvalue weighted by Gasteiger charge is 2.35. The Bertz CT molecular complexity index is 472. The number of rotatable bonds is 8. The van der Waals surface area contributed by atoms with E-state index in [1.54, 1.807) is 7.11 Å². The number of aliphatic hydroxyl groups excluding tert-OH is 1. The van der Waals surface area contributed by atoms with E-state index in [0.29, 0.717) is 6.04 Å². The highest BCUT2D eigenvalue weighted by atomic mass is 16.5. The lowest BCUT2D eigenvalue weighted by Gasteiger charge is -2.42. The molecule has 5 nitrogen and oxygen atoms in total. The molecule has 0 amide bonds. The van der Waals surface area contributed by atoms with Crippen LogP contribution in [-0.4, -0.2) is 53.0 Å². The highest BCUT2D eigenvalue weighted by Crippen LogP contribution is 2.37. The van der Waals surface area contributed by atoms with Crippen molar-refractivity contribution in [2.45, 2.75) is 51.1 Å². The summed E-state index contributed by atoms with van der Waals surface area (Å²) in [4.78, 5) is 6.84. The monoisotopic (exact) mass is 307 g/mol. The predicted molar refractivity (Wildman–Crippen MR) is 85.6 cm³/mol. The Morgan fingerprint density at radius 2 is 2.32 bits per heavy atom. The van der Waals surface area contributed by atoms with E-state index in [0.717, 1.165) is 45.5 Å². The predicted octanol–water partition coefficient (Wildman–Crippen LogP) is 2.22. The van der Waals surface area contributed by atoms with E-state index in [-0.39, 0.29) is 12.0 Å². The van der Waals surface area contributed by atoms with Crippen molar-refractivity contribution in [1.82, 2.24) is 14.5 Å². The molecule has 124 valence electrons. The molecule has 22 heavy (non-hydrogen) atoms. The minimum atomic E-state index is 0.0568. The van der Waals surface area contributed by atoms with Gasteiger partial charge in [-0.15, -0.1) is 0 Å².